The molecule has 0 aliphatic carbocycles. The lowest BCUT2D eigenvalue weighted by molar-refractivity contribution is -0.401. The van der Waals surface area contributed by atoms with Crippen LogP contribution in [-0.2, 0) is 9.59 Å². The van der Waals surface area contributed by atoms with Crippen molar-refractivity contribution in [2.75, 3.05) is 73.8 Å². The number of anilines is 4. The summed E-state index contributed by atoms with van der Waals surface area (Å²) in [5, 5.41) is 21.4. The number of amides is 4. The summed E-state index contributed by atoms with van der Waals surface area (Å²) in [4.78, 5) is 48.8. The number of carbonyl (C=O) groups is 3. The number of aromatic hydroxyl groups is 1. The number of piperazine rings is 1. The van der Waals surface area contributed by atoms with Crippen LogP contribution in [-0.4, -0.2) is 131 Å². The van der Waals surface area contributed by atoms with Crippen molar-refractivity contribution in [2.24, 2.45) is 5.92 Å². The van der Waals surface area contributed by atoms with E-state index in [0.717, 1.165) is 93.2 Å². The molecule has 5 fully saturated rings. The summed E-state index contributed by atoms with van der Waals surface area (Å²) in [6.07, 6.45) is 8.29. The number of ether oxygens (including phenoxy) is 1. The first-order valence-corrected chi connectivity index (χ1v) is 22.1. The number of rotatable bonds is 9. The van der Waals surface area contributed by atoms with Crippen LogP contribution in [0.2, 0.25) is 0 Å². The first kappa shape index (κ1) is 41.0. The van der Waals surface area contributed by atoms with Gasteiger partial charge < -0.3 is 40.1 Å². The van der Waals surface area contributed by atoms with Crippen molar-refractivity contribution in [2.45, 2.75) is 75.6 Å². The number of urea groups is 1. The molecule has 1 aromatic heterocycles. The predicted octanol–water partition coefficient (Wildman–Crippen LogP) is 5.25. The fraction of sp³-hybridized carbons (Fsp3) is 0.447. The molecule has 4 N–H and O–H groups in total. The van der Waals surface area contributed by atoms with Crippen molar-refractivity contribution in [3.63, 3.8) is 0 Å². The highest BCUT2D eigenvalue weighted by atomic mass is 16.5. The van der Waals surface area contributed by atoms with Crippen LogP contribution in [0.5, 0.6) is 11.5 Å². The largest absolute Gasteiger partial charge is 0.507 e. The molecular weight excluding hydrogens is 785 g/mol. The number of carbonyl (C=O) groups excluding carboxylic acids is 3. The Kier molecular flexibility index (Phi) is 11.6. The molecule has 324 valence electrons. The summed E-state index contributed by atoms with van der Waals surface area (Å²) < 4.78 is 8.57. The number of aromatic nitrogens is 2. The van der Waals surface area contributed by atoms with E-state index in [1.807, 2.05) is 71.1 Å². The van der Waals surface area contributed by atoms with Gasteiger partial charge in [-0.15, -0.1) is 10.2 Å². The number of nitrogens with two attached hydrogens (primary N) is 1. The molecule has 0 spiro atoms. The zero-order chi connectivity index (χ0) is 42.9. The Bertz CT molecular complexity index is 2330. The van der Waals surface area contributed by atoms with Crippen molar-refractivity contribution in [1.82, 2.24) is 25.3 Å². The number of nitrogens with one attached hydrogen (secondary N) is 1. The molecule has 15 nitrogen and oxygen atoms in total. The zero-order valence-corrected chi connectivity index (χ0v) is 35.6. The van der Waals surface area contributed by atoms with Crippen LogP contribution in [0.4, 0.5) is 33.4 Å². The molecule has 2 bridgehead atoms. The third kappa shape index (κ3) is 8.57. The van der Waals surface area contributed by atoms with Crippen molar-refractivity contribution in [3.05, 3.63) is 78.9 Å². The van der Waals surface area contributed by atoms with Gasteiger partial charge in [0, 0.05) is 119 Å². The Hall–Kier alpha value is -6.38. The fourth-order valence-corrected chi connectivity index (χ4v) is 10.1. The highest BCUT2D eigenvalue weighted by molar-refractivity contribution is 6.04. The van der Waals surface area contributed by atoms with Gasteiger partial charge in [-0.05, 0) is 68.5 Å². The molecule has 15 heteroatoms. The van der Waals surface area contributed by atoms with Gasteiger partial charge in [-0.25, -0.2) is 9.37 Å². The van der Waals surface area contributed by atoms with E-state index in [-0.39, 0.29) is 41.7 Å². The van der Waals surface area contributed by atoms with Gasteiger partial charge in [0.2, 0.25) is 17.5 Å². The molecule has 1 unspecified atom stereocenters. The number of likely N-dealkylation sites (tertiary alicyclic amines) is 1. The first-order valence-electron chi connectivity index (χ1n) is 22.1. The molecule has 5 aliphatic rings. The second-order valence-corrected chi connectivity index (χ2v) is 17.5. The lowest BCUT2D eigenvalue weighted by Gasteiger charge is -2.43. The van der Waals surface area contributed by atoms with Crippen LogP contribution in [0.15, 0.2) is 78.9 Å². The fourth-order valence-electron chi connectivity index (χ4n) is 10.1. The van der Waals surface area contributed by atoms with E-state index in [0.29, 0.717) is 55.1 Å². The number of piperidine rings is 3. The first-order chi connectivity index (χ1) is 30.1. The van der Waals surface area contributed by atoms with Gasteiger partial charge in [0.05, 0.1) is 11.4 Å². The van der Waals surface area contributed by atoms with Crippen LogP contribution >= 0.6 is 0 Å². The van der Waals surface area contributed by atoms with Crippen molar-refractivity contribution in [3.8, 4) is 22.8 Å². The van der Waals surface area contributed by atoms with Gasteiger partial charge in [0.1, 0.15) is 30.6 Å². The second-order valence-electron chi connectivity index (χ2n) is 17.5. The summed E-state index contributed by atoms with van der Waals surface area (Å²) in [7, 11) is 3.88. The van der Waals surface area contributed by atoms with Crippen LogP contribution in [0.1, 0.15) is 51.4 Å². The SMILES string of the molecule is CN(C(=O)N1CCC(Oc2cccc(N3[C@@H]4CC[C@H]3CN(c3cc(-c5ccccc5O)nnc3N)C4)c2)CC1)C1CCN(c2cccc([N+](C)=CC3CCC(=O)NC3=O)c2)CC1. The topological polar surface area (TPSA) is 164 Å². The maximum Gasteiger partial charge on any atom is 0.319 e. The molecule has 4 aromatic rings. The van der Waals surface area contributed by atoms with Crippen molar-refractivity contribution < 1.29 is 28.8 Å². The highest BCUT2D eigenvalue weighted by Gasteiger charge is 2.41. The number of fused-ring (bicyclic) bond motifs is 2. The van der Waals surface area contributed by atoms with E-state index < -0.39 is 0 Å². The average Bonchev–Trinajstić information content (AvgIpc) is 3.56. The highest BCUT2D eigenvalue weighted by Crippen LogP contribution is 2.40. The molecule has 4 amide bonds. The van der Waals surface area contributed by atoms with E-state index in [1.54, 1.807) is 12.1 Å². The lowest BCUT2D eigenvalue weighted by Crippen LogP contribution is -2.54. The van der Waals surface area contributed by atoms with Gasteiger partial charge in [-0.2, -0.15) is 0 Å². The number of hydrogen-bond donors (Lipinski definition) is 3. The summed E-state index contributed by atoms with van der Waals surface area (Å²) in [5.74, 6) is 0.627. The van der Waals surface area contributed by atoms with E-state index >= 15 is 0 Å². The number of benzene rings is 3. The summed E-state index contributed by atoms with van der Waals surface area (Å²) in [5.41, 5.74) is 11.7. The number of nitrogens with zero attached hydrogens (tertiary/aromatic N) is 8. The Morgan fingerprint density at radius 1 is 0.855 bits per heavy atom. The molecule has 0 radical (unpaired) electrons. The quantitative estimate of drug-likeness (QED) is 0.115. The molecule has 62 heavy (non-hydrogen) atoms. The van der Waals surface area contributed by atoms with Crippen LogP contribution < -0.4 is 30.5 Å². The third-order valence-corrected chi connectivity index (χ3v) is 13.5. The molecule has 5 saturated heterocycles. The van der Waals surface area contributed by atoms with Gasteiger partial charge in [0.25, 0.3) is 0 Å². The minimum Gasteiger partial charge on any atom is -0.507 e. The Labute approximate surface area is 362 Å². The Balaban J connectivity index is 0.752. The number of phenolic OH excluding ortho intramolecular Hbond substituents is 1. The standard InChI is InChI=1S/C47H56N10O5/c1-52(28-31-13-16-44(59)49-46(31)60)33-7-5-8-34(25-33)54-21-17-32(18-22-54)53(2)47(61)55-23-19-38(20-24-55)62-39-10-6-9-35(26-39)57-36-14-15-37(57)30-56(29-36)42-27-41(50-51-45(42)48)40-11-3-4-12-43(40)58/h3-12,25-28,31-32,36-38H,13-24,29-30H2,1-2H3,(H3-,48,49,50,51,58,59,60)/p+1/t31?,36-,37+. The average molecular weight is 842 g/mol. The van der Waals surface area contributed by atoms with Crippen LogP contribution in [0.25, 0.3) is 11.3 Å². The van der Waals surface area contributed by atoms with E-state index in [4.69, 9.17) is 10.5 Å². The number of nitrogen functional groups attached to an aromatic ring is 1. The monoisotopic (exact) mass is 841 g/mol. The third-order valence-electron chi connectivity index (χ3n) is 13.5. The molecule has 0 saturated carbocycles. The zero-order valence-electron chi connectivity index (χ0n) is 35.6. The van der Waals surface area contributed by atoms with E-state index in [2.05, 4.69) is 60.5 Å². The van der Waals surface area contributed by atoms with Crippen LogP contribution in [0.3, 0.4) is 0 Å². The Morgan fingerprint density at radius 2 is 1.58 bits per heavy atom. The van der Waals surface area contributed by atoms with Crippen LogP contribution in [0, 0.1) is 5.92 Å². The van der Waals surface area contributed by atoms with E-state index in [1.165, 1.54) is 0 Å². The lowest BCUT2D eigenvalue weighted by atomic mass is 9.99. The summed E-state index contributed by atoms with van der Waals surface area (Å²) >= 11 is 0. The summed E-state index contributed by atoms with van der Waals surface area (Å²) in [6, 6.07) is 26.7. The molecular formula is C47H57N10O5+. The minimum absolute atomic E-state index is 0.0354. The predicted molar refractivity (Wildman–Crippen MR) is 239 cm³/mol. The van der Waals surface area contributed by atoms with Gasteiger partial charge >= 0.3 is 6.03 Å². The second kappa shape index (κ2) is 17.5. The van der Waals surface area contributed by atoms with E-state index in [9.17, 15) is 19.5 Å². The normalized spacial score (nSPS) is 22.5. The molecule has 3 aromatic carbocycles. The smallest absolute Gasteiger partial charge is 0.319 e. The van der Waals surface area contributed by atoms with Crippen molar-refractivity contribution in [1.29, 1.82) is 0 Å². The molecule has 6 heterocycles. The molecule has 9 rings (SSSR count). The number of para-hydroxylation sites is 1. The number of phenols is 1. The van der Waals surface area contributed by atoms with Gasteiger partial charge in [-0.1, -0.05) is 24.3 Å². The summed E-state index contributed by atoms with van der Waals surface area (Å²) in [6.45, 7) is 4.62. The Morgan fingerprint density at radius 3 is 2.32 bits per heavy atom. The maximum absolute atomic E-state index is 13.8. The van der Waals surface area contributed by atoms with Gasteiger partial charge in [-0.3, -0.25) is 14.9 Å². The van der Waals surface area contributed by atoms with Gasteiger partial charge in [0.15, 0.2) is 12.0 Å². The number of hydrogen-bond acceptors (Lipinski definition) is 11. The number of imide groups is 1. The maximum atomic E-state index is 13.8. The minimum atomic E-state index is -0.331. The molecule has 3 atom stereocenters. The molecule has 5 aliphatic heterocycles. The van der Waals surface area contributed by atoms with Crippen molar-refractivity contribution >= 4 is 52.6 Å².